The first-order valence-electron chi connectivity index (χ1n) is 8.67. The van der Waals surface area contributed by atoms with Gasteiger partial charge in [-0.2, -0.15) is 0 Å². The highest BCUT2D eigenvalue weighted by atomic mass is 16.1. The molecule has 4 aromatic rings. The van der Waals surface area contributed by atoms with Crippen molar-refractivity contribution in [2.24, 2.45) is 0 Å². The Kier molecular flexibility index (Phi) is 4.82. The smallest absolute Gasteiger partial charge is 0.252 e. The van der Waals surface area contributed by atoms with E-state index in [0.717, 1.165) is 11.3 Å². The van der Waals surface area contributed by atoms with Crippen LogP contribution in [0.5, 0.6) is 0 Å². The van der Waals surface area contributed by atoms with Gasteiger partial charge in [0.25, 0.3) is 5.91 Å². The average Bonchev–Trinajstić information content (AvgIpc) is 3.11. The highest BCUT2D eigenvalue weighted by molar-refractivity contribution is 5.96. The van der Waals surface area contributed by atoms with Crippen LogP contribution in [0.25, 0.3) is 11.2 Å². The first kappa shape index (κ1) is 16.8. The fraction of sp³-hybridized carbons (Fsp3) is 0.150. The Morgan fingerprint density at radius 3 is 2.74 bits per heavy atom. The molecule has 0 fully saturated rings. The van der Waals surface area contributed by atoms with E-state index in [4.69, 9.17) is 0 Å². The van der Waals surface area contributed by atoms with Crippen molar-refractivity contribution in [3.05, 3.63) is 84.3 Å². The average molecular weight is 358 g/mol. The molecule has 0 spiro atoms. The fourth-order valence-corrected chi connectivity index (χ4v) is 2.83. The van der Waals surface area contributed by atoms with Gasteiger partial charge in [-0.3, -0.25) is 14.8 Å². The van der Waals surface area contributed by atoms with E-state index in [0.29, 0.717) is 30.6 Å². The lowest BCUT2D eigenvalue weighted by Crippen LogP contribution is -2.26. The third-order valence-corrected chi connectivity index (χ3v) is 4.20. The van der Waals surface area contributed by atoms with Crippen LogP contribution in [0.1, 0.15) is 21.6 Å². The number of nitrogens with one attached hydrogen (secondary N) is 1. The van der Waals surface area contributed by atoms with E-state index in [1.165, 1.54) is 5.56 Å². The molecule has 1 aromatic carbocycles. The normalized spacial score (nSPS) is 10.8. The lowest BCUT2D eigenvalue weighted by Gasteiger charge is -2.06. The summed E-state index contributed by atoms with van der Waals surface area (Å²) < 4.78 is 1.97. The summed E-state index contributed by atoms with van der Waals surface area (Å²) in [6.07, 6.45) is 8.92. The van der Waals surface area contributed by atoms with E-state index in [2.05, 4.69) is 37.4 Å². The number of hydrogen-bond acceptors (Lipinski definition) is 5. The molecule has 0 aliphatic rings. The molecule has 3 aromatic heterocycles. The number of rotatable bonds is 6. The zero-order chi connectivity index (χ0) is 18.5. The molecule has 27 heavy (non-hydrogen) atoms. The molecule has 0 bridgehead atoms. The zero-order valence-electron chi connectivity index (χ0n) is 14.6. The van der Waals surface area contributed by atoms with E-state index in [1.54, 1.807) is 37.2 Å². The number of pyridine rings is 1. The van der Waals surface area contributed by atoms with Crippen LogP contribution in [0.3, 0.4) is 0 Å². The molecule has 0 aliphatic carbocycles. The topological polar surface area (TPSA) is 85.6 Å². The maximum atomic E-state index is 12.4. The molecule has 134 valence electrons. The zero-order valence-corrected chi connectivity index (χ0v) is 14.6. The molecule has 7 nitrogen and oxygen atoms in total. The van der Waals surface area contributed by atoms with E-state index >= 15 is 0 Å². The van der Waals surface area contributed by atoms with Crippen molar-refractivity contribution in [2.75, 3.05) is 6.54 Å². The van der Waals surface area contributed by atoms with Crippen molar-refractivity contribution in [1.29, 1.82) is 0 Å². The maximum absolute atomic E-state index is 12.4. The second-order valence-electron chi connectivity index (χ2n) is 6.13. The van der Waals surface area contributed by atoms with Crippen molar-refractivity contribution in [2.45, 2.75) is 13.0 Å². The van der Waals surface area contributed by atoms with Crippen LogP contribution in [0.4, 0.5) is 0 Å². The van der Waals surface area contributed by atoms with Crippen LogP contribution in [0.15, 0.2) is 67.5 Å². The molecule has 1 amide bonds. The summed E-state index contributed by atoms with van der Waals surface area (Å²) in [5, 5.41) is 2.88. The van der Waals surface area contributed by atoms with Crippen LogP contribution in [0, 0.1) is 0 Å². The van der Waals surface area contributed by atoms with Crippen LogP contribution in [0.2, 0.25) is 0 Å². The Morgan fingerprint density at radius 2 is 1.93 bits per heavy atom. The molecule has 0 saturated carbocycles. The first-order chi connectivity index (χ1) is 13.3. The quantitative estimate of drug-likeness (QED) is 0.571. The van der Waals surface area contributed by atoms with Gasteiger partial charge in [-0.25, -0.2) is 9.97 Å². The number of aromatic nitrogens is 5. The van der Waals surface area contributed by atoms with Crippen molar-refractivity contribution < 1.29 is 4.79 Å². The molecule has 1 N–H and O–H groups in total. The van der Waals surface area contributed by atoms with Gasteiger partial charge in [0.15, 0.2) is 5.65 Å². The summed E-state index contributed by atoms with van der Waals surface area (Å²) in [6.45, 7) is 1.17. The van der Waals surface area contributed by atoms with Crippen LogP contribution in [-0.4, -0.2) is 37.0 Å². The molecule has 3 heterocycles. The van der Waals surface area contributed by atoms with Gasteiger partial charge in [0, 0.05) is 37.8 Å². The predicted octanol–water partition coefficient (Wildman–Crippen LogP) is 2.24. The van der Waals surface area contributed by atoms with Gasteiger partial charge in [-0.1, -0.05) is 30.3 Å². The van der Waals surface area contributed by atoms with Gasteiger partial charge in [0.2, 0.25) is 0 Å². The Morgan fingerprint density at radius 1 is 1.04 bits per heavy atom. The van der Waals surface area contributed by atoms with Gasteiger partial charge in [0.1, 0.15) is 5.52 Å². The monoisotopic (exact) mass is 358 g/mol. The Balaban J connectivity index is 1.43. The fourth-order valence-electron chi connectivity index (χ4n) is 2.83. The molecule has 0 atom stereocenters. The molecular formula is C20H18N6O. The summed E-state index contributed by atoms with van der Waals surface area (Å²) >= 11 is 0. The third-order valence-electron chi connectivity index (χ3n) is 4.20. The summed E-state index contributed by atoms with van der Waals surface area (Å²) in [4.78, 5) is 29.4. The second-order valence-corrected chi connectivity index (χ2v) is 6.13. The standard InChI is InChI=1S/C20H18N6O/c27-20(23-7-6-17-12-21-8-9-22-17)16-10-18-19(24-11-16)26(14-25-18)13-15-4-2-1-3-5-15/h1-5,8-12,14H,6-7,13H2,(H,23,27). The summed E-state index contributed by atoms with van der Waals surface area (Å²) in [7, 11) is 0. The van der Waals surface area contributed by atoms with Crippen LogP contribution in [-0.2, 0) is 13.0 Å². The summed E-state index contributed by atoms with van der Waals surface area (Å²) in [5.74, 6) is -0.175. The number of nitrogens with zero attached hydrogens (tertiary/aromatic N) is 5. The lowest BCUT2D eigenvalue weighted by atomic mass is 10.2. The van der Waals surface area contributed by atoms with Gasteiger partial charge < -0.3 is 9.88 Å². The maximum Gasteiger partial charge on any atom is 0.252 e. The third kappa shape index (κ3) is 3.98. The Hall–Kier alpha value is -3.61. The van der Waals surface area contributed by atoms with Crippen LogP contribution >= 0.6 is 0 Å². The minimum absolute atomic E-state index is 0.175. The highest BCUT2D eigenvalue weighted by Gasteiger charge is 2.10. The summed E-state index contributed by atoms with van der Waals surface area (Å²) in [6, 6.07) is 11.9. The number of amides is 1. The molecule has 0 aliphatic heterocycles. The minimum atomic E-state index is -0.175. The predicted molar refractivity (Wildman–Crippen MR) is 101 cm³/mol. The van der Waals surface area contributed by atoms with Crippen molar-refractivity contribution in [3.63, 3.8) is 0 Å². The van der Waals surface area contributed by atoms with E-state index in [-0.39, 0.29) is 5.91 Å². The minimum Gasteiger partial charge on any atom is -0.352 e. The largest absolute Gasteiger partial charge is 0.352 e. The molecule has 0 unspecified atom stereocenters. The number of carbonyl (C=O) groups excluding carboxylic acids is 1. The van der Waals surface area contributed by atoms with E-state index in [1.807, 2.05) is 22.8 Å². The van der Waals surface area contributed by atoms with Gasteiger partial charge in [-0.15, -0.1) is 0 Å². The Labute approximate surface area is 156 Å². The van der Waals surface area contributed by atoms with E-state index < -0.39 is 0 Å². The van der Waals surface area contributed by atoms with Gasteiger partial charge in [0.05, 0.1) is 24.1 Å². The number of imidazole rings is 1. The SMILES string of the molecule is O=C(NCCc1cnccn1)c1cnc2c(c1)ncn2Cc1ccccc1. The number of carbonyl (C=O) groups is 1. The second kappa shape index (κ2) is 7.74. The molecule has 4 rings (SSSR count). The number of hydrogen-bond donors (Lipinski definition) is 1. The van der Waals surface area contributed by atoms with Gasteiger partial charge in [-0.05, 0) is 11.6 Å². The first-order valence-corrected chi connectivity index (χ1v) is 8.67. The number of fused-ring (bicyclic) bond motifs is 1. The highest BCUT2D eigenvalue weighted by Crippen LogP contribution is 2.14. The van der Waals surface area contributed by atoms with Crippen molar-refractivity contribution in [1.82, 2.24) is 29.8 Å². The van der Waals surface area contributed by atoms with Crippen molar-refractivity contribution >= 4 is 17.1 Å². The van der Waals surface area contributed by atoms with Crippen LogP contribution < -0.4 is 5.32 Å². The lowest BCUT2D eigenvalue weighted by molar-refractivity contribution is 0.0954. The Bertz CT molecular complexity index is 1050. The number of benzene rings is 1. The van der Waals surface area contributed by atoms with Crippen molar-refractivity contribution in [3.8, 4) is 0 Å². The molecular weight excluding hydrogens is 340 g/mol. The van der Waals surface area contributed by atoms with E-state index in [9.17, 15) is 4.79 Å². The molecule has 0 radical (unpaired) electrons. The summed E-state index contributed by atoms with van der Waals surface area (Å²) in [5.41, 5.74) is 3.96. The van der Waals surface area contributed by atoms with Gasteiger partial charge >= 0.3 is 0 Å². The molecule has 0 saturated heterocycles. The molecule has 7 heteroatoms.